The van der Waals surface area contributed by atoms with Gasteiger partial charge >= 0.3 is 5.97 Å². The average molecular weight is 667 g/mol. The standard InChI is InChI=1S/C40H46N2O7/c1-26(38(45)33-10-6-5-7-11-33)42(4)24-36-22-37(32-15-13-29(25-43)14-16-32)49-40(48-36)34-19-17-31(18-20-34)35-12-8-9-30(21-35)23-41-39(46)27(2)47-28(3)44/h5-21,26-27,36-38,40,43,45H,22-25H2,1-4H3,(H,41,46)/t26-,27+,36-,37+,38-,40+/m1/s1. The molecule has 0 bridgehead atoms. The summed E-state index contributed by atoms with van der Waals surface area (Å²) < 4.78 is 18.1. The molecule has 9 nitrogen and oxygen atoms in total. The Hall–Kier alpha value is -4.38. The predicted octanol–water partition coefficient (Wildman–Crippen LogP) is 6.01. The highest BCUT2D eigenvalue weighted by Gasteiger charge is 2.34. The lowest BCUT2D eigenvalue weighted by atomic mass is 9.98. The zero-order chi connectivity index (χ0) is 34.9. The van der Waals surface area contributed by atoms with E-state index in [2.05, 4.69) is 10.2 Å². The summed E-state index contributed by atoms with van der Waals surface area (Å²) in [4.78, 5) is 25.6. The van der Waals surface area contributed by atoms with Gasteiger partial charge in [-0.2, -0.15) is 0 Å². The molecule has 9 heteroatoms. The first-order chi connectivity index (χ1) is 23.6. The summed E-state index contributed by atoms with van der Waals surface area (Å²) in [6.07, 6.45) is -1.88. The second-order valence-corrected chi connectivity index (χ2v) is 12.7. The van der Waals surface area contributed by atoms with Crippen molar-refractivity contribution >= 4 is 11.9 Å². The minimum Gasteiger partial charge on any atom is -0.453 e. The van der Waals surface area contributed by atoms with Gasteiger partial charge in [0, 0.05) is 38.0 Å². The monoisotopic (exact) mass is 666 g/mol. The van der Waals surface area contributed by atoms with Crippen LogP contribution < -0.4 is 5.32 Å². The predicted molar refractivity (Wildman–Crippen MR) is 187 cm³/mol. The van der Waals surface area contributed by atoms with E-state index in [9.17, 15) is 19.8 Å². The van der Waals surface area contributed by atoms with Crippen LogP contribution >= 0.6 is 0 Å². The van der Waals surface area contributed by atoms with Gasteiger partial charge in [-0.05, 0) is 60.3 Å². The molecular formula is C40H46N2O7. The van der Waals surface area contributed by atoms with Gasteiger partial charge in [-0.25, -0.2) is 0 Å². The molecule has 1 amide bonds. The van der Waals surface area contributed by atoms with Crippen molar-refractivity contribution in [2.24, 2.45) is 0 Å². The molecule has 6 atom stereocenters. The second kappa shape index (κ2) is 16.8. The maximum atomic E-state index is 12.3. The van der Waals surface area contributed by atoms with Crippen LogP contribution in [0, 0.1) is 0 Å². The van der Waals surface area contributed by atoms with Crippen LogP contribution in [0.15, 0.2) is 103 Å². The summed E-state index contributed by atoms with van der Waals surface area (Å²) in [5, 5.41) is 23.5. The van der Waals surface area contributed by atoms with Crippen molar-refractivity contribution in [2.45, 2.75) is 77.1 Å². The molecule has 3 N–H and O–H groups in total. The number of esters is 1. The summed E-state index contributed by atoms with van der Waals surface area (Å²) in [6.45, 7) is 5.71. The second-order valence-electron chi connectivity index (χ2n) is 12.7. The molecule has 1 heterocycles. The molecular weight excluding hydrogens is 620 g/mol. The van der Waals surface area contributed by atoms with E-state index >= 15 is 0 Å². The van der Waals surface area contributed by atoms with Gasteiger partial charge in [-0.3, -0.25) is 14.5 Å². The molecule has 1 saturated heterocycles. The van der Waals surface area contributed by atoms with Gasteiger partial charge in [0.1, 0.15) is 0 Å². The number of rotatable bonds is 13. The lowest BCUT2D eigenvalue weighted by molar-refractivity contribution is -0.253. The fourth-order valence-corrected chi connectivity index (χ4v) is 6.02. The number of likely N-dealkylation sites (N-methyl/N-ethyl adjacent to an activating group) is 1. The smallest absolute Gasteiger partial charge is 0.303 e. The van der Waals surface area contributed by atoms with Crippen LogP contribution in [0.1, 0.15) is 73.5 Å². The molecule has 0 unspecified atom stereocenters. The molecule has 0 aliphatic carbocycles. The van der Waals surface area contributed by atoms with E-state index in [-0.39, 0.29) is 30.8 Å². The van der Waals surface area contributed by atoms with E-state index in [0.717, 1.165) is 38.9 Å². The third-order valence-corrected chi connectivity index (χ3v) is 9.02. The van der Waals surface area contributed by atoms with Gasteiger partial charge in [0.25, 0.3) is 5.91 Å². The molecule has 0 saturated carbocycles. The van der Waals surface area contributed by atoms with Crippen molar-refractivity contribution in [1.29, 1.82) is 0 Å². The van der Waals surface area contributed by atoms with E-state index in [1.54, 1.807) is 6.92 Å². The molecule has 49 heavy (non-hydrogen) atoms. The van der Waals surface area contributed by atoms with Crippen LogP contribution in [0.3, 0.4) is 0 Å². The minimum absolute atomic E-state index is 0.0221. The Kier molecular flexibility index (Phi) is 12.3. The van der Waals surface area contributed by atoms with Crippen molar-refractivity contribution in [3.8, 4) is 11.1 Å². The van der Waals surface area contributed by atoms with Crippen LogP contribution in [-0.2, 0) is 37.0 Å². The van der Waals surface area contributed by atoms with Gasteiger partial charge in [0.15, 0.2) is 12.4 Å². The maximum absolute atomic E-state index is 12.3. The first-order valence-electron chi connectivity index (χ1n) is 16.7. The summed E-state index contributed by atoms with van der Waals surface area (Å²) in [5.41, 5.74) is 6.51. The molecule has 0 radical (unpaired) electrons. The van der Waals surface area contributed by atoms with Gasteiger partial charge < -0.3 is 29.7 Å². The fourth-order valence-electron chi connectivity index (χ4n) is 6.02. The molecule has 5 rings (SSSR count). The normalized spacial score (nSPS) is 19.5. The molecule has 0 spiro atoms. The number of nitrogens with one attached hydrogen (secondary N) is 1. The number of benzene rings is 4. The maximum Gasteiger partial charge on any atom is 0.303 e. The number of carbonyl (C=O) groups excluding carboxylic acids is 2. The number of hydrogen-bond acceptors (Lipinski definition) is 8. The van der Waals surface area contributed by atoms with Gasteiger partial charge in [0.05, 0.1) is 24.9 Å². The highest BCUT2D eigenvalue weighted by Crippen LogP contribution is 2.39. The largest absolute Gasteiger partial charge is 0.453 e. The van der Waals surface area contributed by atoms with Crippen LogP contribution in [0.2, 0.25) is 0 Å². The third kappa shape index (κ3) is 9.62. The Bertz CT molecular complexity index is 1660. The van der Waals surface area contributed by atoms with Crippen LogP contribution in [0.25, 0.3) is 11.1 Å². The lowest BCUT2D eigenvalue weighted by Crippen LogP contribution is -2.43. The highest BCUT2D eigenvalue weighted by atomic mass is 16.7. The van der Waals surface area contributed by atoms with Crippen LogP contribution in [-0.4, -0.2) is 58.8 Å². The molecule has 1 fully saturated rings. The van der Waals surface area contributed by atoms with E-state index in [4.69, 9.17) is 14.2 Å². The molecule has 0 aromatic heterocycles. The summed E-state index contributed by atoms with van der Waals surface area (Å²) in [7, 11) is 2.00. The molecule has 258 valence electrons. The topological polar surface area (TPSA) is 118 Å². The van der Waals surface area contributed by atoms with Crippen molar-refractivity contribution in [1.82, 2.24) is 10.2 Å². The van der Waals surface area contributed by atoms with Crippen LogP contribution in [0.4, 0.5) is 0 Å². The Morgan fingerprint density at radius 1 is 0.878 bits per heavy atom. The van der Waals surface area contributed by atoms with E-state index in [1.165, 1.54) is 6.92 Å². The van der Waals surface area contributed by atoms with Gasteiger partial charge in [-0.1, -0.05) is 97.1 Å². The van der Waals surface area contributed by atoms with Crippen molar-refractivity contribution in [2.75, 3.05) is 13.6 Å². The Labute approximate surface area is 288 Å². The van der Waals surface area contributed by atoms with Crippen molar-refractivity contribution in [3.63, 3.8) is 0 Å². The lowest BCUT2D eigenvalue weighted by Gasteiger charge is -2.39. The number of hydrogen-bond donors (Lipinski definition) is 3. The zero-order valence-electron chi connectivity index (χ0n) is 28.5. The Morgan fingerprint density at radius 3 is 2.24 bits per heavy atom. The summed E-state index contributed by atoms with van der Waals surface area (Å²) in [5.74, 6) is -0.855. The van der Waals surface area contributed by atoms with Crippen LogP contribution in [0.5, 0.6) is 0 Å². The van der Waals surface area contributed by atoms with Gasteiger partial charge in [-0.15, -0.1) is 0 Å². The number of nitrogens with zero attached hydrogens (tertiary/aromatic N) is 1. The number of amides is 1. The molecule has 1 aliphatic rings. The molecule has 4 aromatic rings. The van der Waals surface area contributed by atoms with E-state index in [1.807, 2.05) is 117 Å². The minimum atomic E-state index is -0.860. The molecule has 1 aliphatic heterocycles. The molecule has 4 aromatic carbocycles. The third-order valence-electron chi connectivity index (χ3n) is 9.02. The zero-order valence-corrected chi connectivity index (χ0v) is 28.5. The number of carbonyl (C=O) groups is 2. The number of aliphatic hydroxyl groups is 2. The Balaban J connectivity index is 1.30. The van der Waals surface area contributed by atoms with Crippen molar-refractivity contribution in [3.05, 3.63) is 131 Å². The van der Waals surface area contributed by atoms with E-state index < -0.39 is 24.5 Å². The quantitative estimate of drug-likeness (QED) is 0.149. The van der Waals surface area contributed by atoms with Crippen molar-refractivity contribution < 1.29 is 34.0 Å². The fraction of sp³-hybridized carbons (Fsp3) is 0.350. The SMILES string of the molecule is CC(=O)O[C@@H](C)C(=O)NCc1cccc(-c2ccc([C@H]3O[C@@H](CN(C)[C@H](C)[C@@H](O)c4ccccc4)C[C@@H](c4ccc(CO)cc4)O3)cc2)c1. The Morgan fingerprint density at radius 2 is 1.57 bits per heavy atom. The first kappa shape index (κ1) is 35.9. The summed E-state index contributed by atoms with van der Waals surface area (Å²) in [6, 6.07) is 33.3. The number of ether oxygens (including phenoxy) is 3. The average Bonchev–Trinajstić information content (AvgIpc) is 3.13. The first-order valence-corrected chi connectivity index (χ1v) is 16.7. The summed E-state index contributed by atoms with van der Waals surface area (Å²) >= 11 is 0. The highest BCUT2D eigenvalue weighted by molar-refractivity contribution is 5.82. The van der Waals surface area contributed by atoms with E-state index in [0.29, 0.717) is 19.5 Å². The van der Waals surface area contributed by atoms with Gasteiger partial charge in [0.2, 0.25) is 0 Å². The number of aliphatic hydroxyl groups excluding tert-OH is 2.